The molecule has 0 fully saturated rings. The molecule has 0 unspecified atom stereocenters. The molecular formula is C12H7ClN4O. The Morgan fingerprint density at radius 3 is 2.83 bits per heavy atom. The fourth-order valence-corrected chi connectivity index (χ4v) is 1.47. The Hall–Kier alpha value is -2.45. The fourth-order valence-electron chi connectivity index (χ4n) is 1.31. The topological polar surface area (TPSA) is 78.7 Å². The zero-order valence-electron chi connectivity index (χ0n) is 9.09. The second kappa shape index (κ2) is 5.25. The van der Waals surface area contributed by atoms with Crippen LogP contribution in [0.4, 0.5) is 5.82 Å². The number of nitrogens with zero attached hydrogens (tertiary/aromatic N) is 3. The van der Waals surface area contributed by atoms with Gasteiger partial charge in [0.25, 0.3) is 5.91 Å². The molecule has 1 heterocycles. The van der Waals surface area contributed by atoms with E-state index in [2.05, 4.69) is 15.3 Å². The maximum Gasteiger partial charge on any atom is 0.256 e. The number of carbonyl (C=O) groups is 1. The van der Waals surface area contributed by atoms with Crippen LogP contribution in [0.15, 0.2) is 36.7 Å². The van der Waals surface area contributed by atoms with E-state index in [4.69, 9.17) is 16.9 Å². The van der Waals surface area contributed by atoms with Crippen LogP contribution in [0.5, 0.6) is 0 Å². The summed E-state index contributed by atoms with van der Waals surface area (Å²) in [6.45, 7) is 0. The summed E-state index contributed by atoms with van der Waals surface area (Å²) in [6, 6.07) is 8.29. The number of nitrogens with one attached hydrogen (secondary N) is 1. The molecule has 0 atom stereocenters. The van der Waals surface area contributed by atoms with E-state index in [9.17, 15) is 4.79 Å². The maximum atomic E-state index is 11.9. The first-order valence-corrected chi connectivity index (χ1v) is 5.36. The van der Waals surface area contributed by atoms with Crippen LogP contribution in [0.1, 0.15) is 15.9 Å². The second-order valence-corrected chi connectivity index (χ2v) is 3.70. The molecule has 0 aliphatic carbocycles. The molecule has 0 bridgehead atoms. The lowest BCUT2D eigenvalue weighted by atomic mass is 10.1. The average Bonchev–Trinajstić information content (AvgIpc) is 2.41. The summed E-state index contributed by atoms with van der Waals surface area (Å²) in [6.07, 6.45) is 2.85. The maximum absolute atomic E-state index is 11.9. The van der Waals surface area contributed by atoms with Crippen molar-refractivity contribution in [3.05, 3.63) is 52.9 Å². The first-order valence-electron chi connectivity index (χ1n) is 4.99. The van der Waals surface area contributed by atoms with Gasteiger partial charge in [-0.05, 0) is 18.2 Å². The van der Waals surface area contributed by atoms with Crippen LogP contribution in [0.3, 0.4) is 0 Å². The predicted octanol–water partition coefficient (Wildman–Crippen LogP) is 2.25. The van der Waals surface area contributed by atoms with Gasteiger partial charge in [0.1, 0.15) is 0 Å². The third-order valence-corrected chi connectivity index (χ3v) is 2.42. The normalized spacial score (nSPS) is 9.56. The van der Waals surface area contributed by atoms with Crippen molar-refractivity contribution in [2.24, 2.45) is 0 Å². The van der Waals surface area contributed by atoms with E-state index in [1.165, 1.54) is 18.5 Å². The molecule has 1 aromatic heterocycles. The van der Waals surface area contributed by atoms with Gasteiger partial charge in [0.15, 0.2) is 11.0 Å². The molecule has 1 amide bonds. The quantitative estimate of drug-likeness (QED) is 0.896. The van der Waals surface area contributed by atoms with Gasteiger partial charge in [-0.1, -0.05) is 17.7 Å². The first-order chi connectivity index (χ1) is 8.70. The highest BCUT2D eigenvalue weighted by Crippen LogP contribution is 2.15. The summed E-state index contributed by atoms with van der Waals surface area (Å²) in [5.74, 6) is -0.207. The highest BCUT2D eigenvalue weighted by molar-refractivity contribution is 6.32. The number of rotatable bonds is 2. The van der Waals surface area contributed by atoms with E-state index >= 15 is 0 Å². The van der Waals surface area contributed by atoms with E-state index in [0.29, 0.717) is 11.1 Å². The van der Waals surface area contributed by atoms with Crippen LogP contribution in [0, 0.1) is 11.3 Å². The zero-order valence-corrected chi connectivity index (χ0v) is 9.85. The van der Waals surface area contributed by atoms with Gasteiger partial charge in [-0.25, -0.2) is 9.97 Å². The monoisotopic (exact) mass is 258 g/mol. The molecule has 1 N–H and O–H groups in total. The Morgan fingerprint density at radius 2 is 2.11 bits per heavy atom. The number of amides is 1. The predicted molar refractivity (Wildman–Crippen MR) is 66.2 cm³/mol. The van der Waals surface area contributed by atoms with Crippen molar-refractivity contribution < 1.29 is 4.79 Å². The SMILES string of the molecule is N#Cc1cccc(C(=O)Nc2nccnc2Cl)c1. The van der Waals surface area contributed by atoms with Gasteiger partial charge < -0.3 is 5.32 Å². The Kier molecular flexibility index (Phi) is 3.51. The van der Waals surface area contributed by atoms with Gasteiger partial charge in [0.2, 0.25) is 0 Å². The lowest BCUT2D eigenvalue weighted by Gasteiger charge is -2.05. The fraction of sp³-hybridized carbons (Fsp3) is 0. The third kappa shape index (κ3) is 2.62. The van der Waals surface area contributed by atoms with Crippen molar-refractivity contribution in [1.82, 2.24) is 9.97 Å². The van der Waals surface area contributed by atoms with Crippen molar-refractivity contribution >= 4 is 23.3 Å². The summed E-state index contributed by atoms with van der Waals surface area (Å²) in [5.41, 5.74) is 0.767. The molecule has 2 rings (SSSR count). The summed E-state index contributed by atoms with van der Waals surface area (Å²) in [5, 5.41) is 11.4. The largest absolute Gasteiger partial charge is 0.304 e. The van der Waals surface area contributed by atoms with Gasteiger partial charge in [-0.15, -0.1) is 0 Å². The molecule has 2 aromatic rings. The van der Waals surface area contributed by atoms with Crippen LogP contribution in [0.2, 0.25) is 5.15 Å². The van der Waals surface area contributed by atoms with Crippen LogP contribution in [-0.4, -0.2) is 15.9 Å². The van der Waals surface area contributed by atoms with Crippen molar-refractivity contribution in [3.8, 4) is 6.07 Å². The molecule has 18 heavy (non-hydrogen) atoms. The van der Waals surface area contributed by atoms with E-state index in [1.807, 2.05) is 6.07 Å². The minimum absolute atomic E-state index is 0.113. The van der Waals surface area contributed by atoms with E-state index in [-0.39, 0.29) is 11.0 Å². The molecule has 0 spiro atoms. The first kappa shape index (κ1) is 12.0. The van der Waals surface area contributed by atoms with E-state index in [1.54, 1.807) is 18.2 Å². The molecular weight excluding hydrogens is 252 g/mol. The van der Waals surface area contributed by atoms with Gasteiger partial charge in [0, 0.05) is 18.0 Å². The van der Waals surface area contributed by atoms with Crippen molar-refractivity contribution in [3.63, 3.8) is 0 Å². The number of hydrogen-bond donors (Lipinski definition) is 1. The smallest absolute Gasteiger partial charge is 0.256 e. The third-order valence-electron chi connectivity index (χ3n) is 2.14. The van der Waals surface area contributed by atoms with Crippen molar-refractivity contribution in [1.29, 1.82) is 5.26 Å². The molecule has 0 radical (unpaired) electrons. The number of hydrogen-bond acceptors (Lipinski definition) is 4. The minimum Gasteiger partial charge on any atom is -0.304 e. The summed E-state index contributed by atoms with van der Waals surface area (Å²) >= 11 is 5.77. The molecule has 5 nitrogen and oxygen atoms in total. The Balaban J connectivity index is 2.23. The zero-order chi connectivity index (χ0) is 13.0. The molecule has 0 aliphatic heterocycles. The highest BCUT2D eigenvalue weighted by Gasteiger charge is 2.10. The number of anilines is 1. The lowest BCUT2D eigenvalue weighted by Crippen LogP contribution is -2.13. The molecule has 1 aromatic carbocycles. The molecule has 0 aliphatic rings. The van der Waals surface area contributed by atoms with Crippen LogP contribution in [0.25, 0.3) is 0 Å². The van der Waals surface area contributed by atoms with Crippen LogP contribution >= 0.6 is 11.6 Å². The van der Waals surface area contributed by atoms with E-state index < -0.39 is 5.91 Å². The second-order valence-electron chi connectivity index (χ2n) is 3.34. The number of nitriles is 1. The van der Waals surface area contributed by atoms with Gasteiger partial charge in [-0.3, -0.25) is 4.79 Å². The summed E-state index contributed by atoms with van der Waals surface area (Å²) in [4.78, 5) is 19.6. The number of carbonyl (C=O) groups excluding carboxylic acids is 1. The van der Waals surface area contributed by atoms with Gasteiger partial charge >= 0.3 is 0 Å². The summed E-state index contributed by atoms with van der Waals surface area (Å²) in [7, 11) is 0. The van der Waals surface area contributed by atoms with Crippen molar-refractivity contribution in [2.75, 3.05) is 5.32 Å². The summed E-state index contributed by atoms with van der Waals surface area (Å²) < 4.78 is 0. The Morgan fingerprint density at radius 1 is 1.33 bits per heavy atom. The van der Waals surface area contributed by atoms with Crippen LogP contribution in [-0.2, 0) is 0 Å². The Labute approximate surface area is 108 Å². The van der Waals surface area contributed by atoms with E-state index in [0.717, 1.165) is 0 Å². The number of halogens is 1. The minimum atomic E-state index is -0.394. The number of aromatic nitrogens is 2. The lowest BCUT2D eigenvalue weighted by molar-refractivity contribution is 0.102. The van der Waals surface area contributed by atoms with Crippen molar-refractivity contribution in [2.45, 2.75) is 0 Å². The molecule has 0 saturated heterocycles. The molecule has 0 saturated carbocycles. The number of benzene rings is 1. The molecule has 88 valence electrons. The highest BCUT2D eigenvalue weighted by atomic mass is 35.5. The standard InChI is InChI=1S/C12H7ClN4O/c13-10-11(16-5-4-15-10)17-12(18)9-3-1-2-8(6-9)7-14/h1-6H,(H,16,17,18). The van der Waals surface area contributed by atoms with Crippen LogP contribution < -0.4 is 5.32 Å². The average molecular weight is 259 g/mol. The van der Waals surface area contributed by atoms with Gasteiger partial charge in [-0.2, -0.15) is 5.26 Å². The molecule has 6 heteroatoms. The van der Waals surface area contributed by atoms with Gasteiger partial charge in [0.05, 0.1) is 11.6 Å². The Bertz CT molecular complexity index is 636.